The first-order chi connectivity index (χ1) is 25.0. The Labute approximate surface area is 349 Å². The summed E-state index contributed by atoms with van der Waals surface area (Å²) in [5, 5.41) is 20.5. The molecule has 54 heavy (non-hydrogen) atoms. The van der Waals surface area contributed by atoms with Gasteiger partial charge in [-0.15, -0.1) is 0 Å². The first kappa shape index (κ1) is 46.3. The Balaban J connectivity index is 0.000000291. The number of hydrogen-bond acceptors (Lipinski definition) is 9. The van der Waals surface area contributed by atoms with Crippen molar-refractivity contribution in [2.45, 2.75) is 103 Å². The highest BCUT2D eigenvalue weighted by atomic mass is 79.9. The van der Waals surface area contributed by atoms with Gasteiger partial charge >= 0.3 is 5.69 Å². The molecule has 0 amide bonds. The molecule has 2 aromatic carbocycles. The van der Waals surface area contributed by atoms with Crippen LogP contribution in [0.1, 0.15) is 67.2 Å². The average Bonchev–Trinajstić information content (AvgIpc) is 3.05. The summed E-state index contributed by atoms with van der Waals surface area (Å²) in [4.78, 5) is 19.5. The van der Waals surface area contributed by atoms with Gasteiger partial charge in [-0.25, -0.2) is 9.97 Å². The Bertz CT molecular complexity index is 1920. The third kappa shape index (κ3) is 12.5. The molecule has 0 saturated carbocycles. The number of nitrogen functional groups attached to an aromatic ring is 1. The lowest BCUT2D eigenvalue weighted by atomic mass is 10.1. The summed E-state index contributed by atoms with van der Waals surface area (Å²) in [6, 6.07) is 11.3. The van der Waals surface area contributed by atoms with Gasteiger partial charge in [0.15, 0.2) is 21.8 Å². The Morgan fingerprint density at radius 1 is 0.741 bits per heavy atom. The van der Waals surface area contributed by atoms with Crippen molar-refractivity contribution >= 4 is 116 Å². The number of halogens is 4. The quantitative estimate of drug-likeness (QED) is 0.0350. The second-order valence-corrected chi connectivity index (χ2v) is 28.5. The number of nitrogens with one attached hydrogen (secondary N) is 2. The largest absolute Gasteiger partial charge is 0.417 e. The molecular formula is C38H56Br2Cl2N6O4Si2. The summed E-state index contributed by atoms with van der Waals surface area (Å²) >= 11 is 19.2. The molecule has 0 unspecified atom stereocenters. The number of nitro groups is 1. The minimum absolute atomic E-state index is 0.108. The van der Waals surface area contributed by atoms with E-state index in [-0.39, 0.29) is 20.9 Å². The Kier molecular flexibility index (Phi) is 16.6. The monoisotopic (exact) mass is 944 g/mol. The molecule has 0 fully saturated rings. The second-order valence-electron chi connectivity index (χ2n) is 16.4. The van der Waals surface area contributed by atoms with E-state index in [1.54, 1.807) is 6.07 Å². The van der Waals surface area contributed by atoms with Crippen LogP contribution in [-0.2, 0) is 8.85 Å². The predicted octanol–water partition coefficient (Wildman–Crippen LogP) is 13.2. The Morgan fingerprint density at radius 3 is 1.57 bits per heavy atom. The van der Waals surface area contributed by atoms with Gasteiger partial charge in [-0.2, -0.15) is 0 Å². The zero-order valence-electron chi connectivity index (χ0n) is 33.2. The first-order valence-corrected chi connectivity index (χ1v) is 26.4. The number of aromatic nitrogens is 2. The predicted molar refractivity (Wildman–Crippen MR) is 242 cm³/mol. The maximum atomic E-state index is 11.5. The molecule has 2 heterocycles. The van der Waals surface area contributed by atoms with Crippen molar-refractivity contribution in [1.29, 1.82) is 0 Å². The van der Waals surface area contributed by atoms with Gasteiger partial charge in [0.25, 0.3) is 0 Å². The Morgan fingerprint density at radius 2 is 1.15 bits per heavy atom. The van der Waals surface area contributed by atoms with Crippen LogP contribution in [-0.4, -0.2) is 57.8 Å². The van der Waals surface area contributed by atoms with Crippen LogP contribution in [0, 0.1) is 10.1 Å². The molecular weight excluding hydrogens is 891 g/mol. The highest BCUT2D eigenvalue weighted by molar-refractivity contribution is 9.10. The average molecular weight is 948 g/mol. The standard InChI is InChI=1S/C19H27BrClN3O3Si.C19H29BrClN3OSi/c1-19(2,3)28(4,5)27-11-7-6-10-22-16-14-12-13(20)8-9-15(14)23-18(21)17(16)24(25)26;1-19(2,3)26(4,5)25-11-7-6-10-23-17-14-12-13(20)8-9-15(14)24-18(21)16(17)22/h8-9,12H,6-7,10-11H2,1-5H3,(H,22,23);8-9,12H,6-7,10-11,22H2,1-5H3,(H,23,24). The smallest absolute Gasteiger partial charge is 0.329 e. The lowest BCUT2D eigenvalue weighted by Gasteiger charge is -2.36. The fourth-order valence-corrected chi connectivity index (χ4v) is 8.26. The van der Waals surface area contributed by atoms with Crippen LogP contribution >= 0.6 is 55.1 Å². The normalized spacial score (nSPS) is 12.5. The SMILES string of the molecule is CC(C)(C)[Si](C)(C)OCCCCNc1c(N)c(Cl)nc2ccc(Br)cc12.CC(C)(C)[Si](C)(C)OCCCCNc1c([N+](=O)[O-])c(Cl)nc2ccc(Br)cc12. The van der Waals surface area contributed by atoms with Gasteiger partial charge in [-0.3, -0.25) is 10.1 Å². The van der Waals surface area contributed by atoms with E-state index >= 15 is 0 Å². The molecule has 4 N–H and O–H groups in total. The lowest BCUT2D eigenvalue weighted by Crippen LogP contribution is -2.41. The van der Waals surface area contributed by atoms with Crippen molar-refractivity contribution in [3.05, 3.63) is 65.8 Å². The van der Waals surface area contributed by atoms with Gasteiger partial charge in [0.1, 0.15) is 5.69 Å². The van der Waals surface area contributed by atoms with E-state index in [2.05, 4.69) is 120 Å². The maximum Gasteiger partial charge on any atom is 0.329 e. The number of anilines is 3. The number of fused-ring (bicyclic) bond motifs is 2. The molecule has 16 heteroatoms. The third-order valence-electron chi connectivity index (χ3n) is 10.3. The molecule has 4 rings (SSSR count). The molecule has 0 radical (unpaired) electrons. The Hall–Kier alpha value is -2.05. The van der Waals surface area contributed by atoms with Crippen molar-refractivity contribution in [3.63, 3.8) is 0 Å². The van der Waals surface area contributed by atoms with E-state index in [0.717, 1.165) is 64.4 Å². The number of nitrogens with zero attached hydrogens (tertiary/aromatic N) is 3. The van der Waals surface area contributed by atoms with Gasteiger partial charge in [0.2, 0.25) is 5.15 Å². The molecule has 0 atom stereocenters. The van der Waals surface area contributed by atoms with E-state index in [0.29, 0.717) is 40.6 Å². The van der Waals surface area contributed by atoms with E-state index in [1.165, 1.54) is 0 Å². The summed E-state index contributed by atoms with van der Waals surface area (Å²) < 4.78 is 14.2. The third-order valence-corrected chi connectivity index (χ3v) is 20.9. The fourth-order valence-electron chi connectivity index (χ4n) is 4.92. The van der Waals surface area contributed by atoms with Crippen LogP contribution < -0.4 is 16.4 Å². The van der Waals surface area contributed by atoms with Crippen LogP contribution in [0.5, 0.6) is 0 Å². The fraction of sp³-hybridized carbons (Fsp3) is 0.526. The highest BCUT2D eigenvalue weighted by Gasteiger charge is 2.37. The van der Waals surface area contributed by atoms with Crippen LogP contribution in [0.4, 0.5) is 22.7 Å². The summed E-state index contributed by atoms with van der Waals surface area (Å²) in [5.74, 6) is 0. The molecule has 298 valence electrons. The van der Waals surface area contributed by atoms with E-state index in [9.17, 15) is 10.1 Å². The number of pyridine rings is 2. The zero-order chi connectivity index (χ0) is 40.6. The van der Waals surface area contributed by atoms with Gasteiger partial charge in [-0.05, 0) is 98.3 Å². The summed E-state index contributed by atoms with van der Waals surface area (Å²) in [7, 11) is -3.40. The minimum Gasteiger partial charge on any atom is -0.417 e. The van der Waals surface area contributed by atoms with Crippen molar-refractivity contribution in [1.82, 2.24) is 9.97 Å². The van der Waals surface area contributed by atoms with Crippen molar-refractivity contribution in [2.24, 2.45) is 0 Å². The summed E-state index contributed by atoms with van der Waals surface area (Å²) in [5.41, 5.74) is 9.16. The molecule has 0 bridgehead atoms. The molecule has 0 spiro atoms. The van der Waals surface area contributed by atoms with Gasteiger partial charge in [0.05, 0.1) is 27.3 Å². The molecule has 4 aromatic rings. The van der Waals surface area contributed by atoms with Crippen LogP contribution in [0.25, 0.3) is 21.8 Å². The molecule has 2 aromatic heterocycles. The number of benzene rings is 2. The van der Waals surface area contributed by atoms with Crippen molar-refractivity contribution in [3.8, 4) is 0 Å². The van der Waals surface area contributed by atoms with Crippen LogP contribution in [0.3, 0.4) is 0 Å². The molecule has 0 aliphatic rings. The van der Waals surface area contributed by atoms with Gasteiger partial charge in [-0.1, -0.05) is 96.6 Å². The molecule has 0 aliphatic heterocycles. The molecule has 0 saturated heterocycles. The van der Waals surface area contributed by atoms with Crippen molar-refractivity contribution in [2.75, 3.05) is 42.7 Å². The second kappa shape index (κ2) is 19.4. The summed E-state index contributed by atoms with van der Waals surface area (Å²) in [6.07, 6.45) is 3.73. The zero-order valence-corrected chi connectivity index (χ0v) is 39.9. The number of unbranched alkanes of at least 4 members (excludes halogenated alkanes) is 2. The van der Waals surface area contributed by atoms with E-state index < -0.39 is 21.6 Å². The highest BCUT2D eigenvalue weighted by Crippen LogP contribution is 2.40. The van der Waals surface area contributed by atoms with Crippen LogP contribution in [0.2, 0.25) is 46.6 Å². The van der Waals surface area contributed by atoms with Crippen LogP contribution in [0.15, 0.2) is 45.3 Å². The number of hydrogen-bond donors (Lipinski definition) is 3. The minimum atomic E-state index is -1.74. The first-order valence-electron chi connectivity index (χ1n) is 18.2. The van der Waals surface area contributed by atoms with E-state index in [1.807, 2.05) is 30.3 Å². The maximum absolute atomic E-state index is 11.5. The summed E-state index contributed by atoms with van der Waals surface area (Å²) in [6.45, 7) is 25.4. The lowest BCUT2D eigenvalue weighted by molar-refractivity contribution is -0.384. The molecule has 0 aliphatic carbocycles. The van der Waals surface area contributed by atoms with Gasteiger partial charge in [0, 0.05) is 46.0 Å². The number of nitrogens with two attached hydrogens (primary N) is 1. The van der Waals surface area contributed by atoms with Gasteiger partial charge < -0.3 is 25.2 Å². The van der Waals surface area contributed by atoms with Crippen molar-refractivity contribution < 1.29 is 13.8 Å². The van der Waals surface area contributed by atoms with E-state index in [4.69, 9.17) is 37.8 Å². The topological polar surface area (TPSA) is 137 Å². The number of rotatable bonds is 15. The molecule has 10 nitrogen and oxygen atoms in total.